The first-order chi connectivity index (χ1) is 5.70. The molecule has 3 nitrogen and oxygen atoms in total. The van der Waals surface area contributed by atoms with Crippen LogP contribution in [0.5, 0.6) is 0 Å². The maximum atomic E-state index is 10.3. The molecule has 0 aromatic heterocycles. The first kappa shape index (κ1) is 10.9. The van der Waals surface area contributed by atoms with E-state index < -0.39 is 5.97 Å². The van der Waals surface area contributed by atoms with Gasteiger partial charge >= 0.3 is 5.97 Å². The Kier molecular flexibility index (Phi) is 6.01. The molecule has 0 saturated carbocycles. The van der Waals surface area contributed by atoms with Crippen molar-refractivity contribution >= 4 is 5.97 Å². The quantitative estimate of drug-likeness (QED) is 0.606. The predicted molar refractivity (Wildman–Crippen MR) is 49.1 cm³/mol. The zero-order chi connectivity index (χ0) is 9.40. The molecule has 0 atom stereocenters. The molecule has 0 aliphatic heterocycles. The Morgan fingerprint density at radius 1 is 1.58 bits per heavy atom. The third-order valence-corrected chi connectivity index (χ3v) is 1.35. The minimum absolute atomic E-state index is 0.0658. The van der Waals surface area contributed by atoms with Gasteiger partial charge in [-0.2, -0.15) is 0 Å². The van der Waals surface area contributed by atoms with Gasteiger partial charge in [-0.15, -0.1) is 6.58 Å². The molecule has 0 rings (SSSR count). The molecule has 0 amide bonds. The summed E-state index contributed by atoms with van der Waals surface area (Å²) in [7, 11) is 0. The Bertz CT molecular complexity index is 175. The number of aliphatic carboxylic acids is 1. The van der Waals surface area contributed by atoms with Crippen LogP contribution in [0.15, 0.2) is 24.8 Å². The third-order valence-electron chi connectivity index (χ3n) is 1.35. The highest BCUT2D eigenvalue weighted by molar-refractivity contribution is 5.69. The van der Waals surface area contributed by atoms with Crippen LogP contribution in [0.1, 0.15) is 6.92 Å². The lowest BCUT2D eigenvalue weighted by Gasteiger charge is -2.15. The van der Waals surface area contributed by atoms with Gasteiger partial charge in [-0.25, -0.2) is 0 Å². The maximum absolute atomic E-state index is 10.3. The van der Waals surface area contributed by atoms with Crippen LogP contribution >= 0.6 is 0 Å². The maximum Gasteiger partial charge on any atom is 0.317 e. The molecule has 0 aromatic carbocycles. The molecule has 68 valence electrons. The number of allylic oxidation sites excluding steroid dienone is 1. The van der Waals surface area contributed by atoms with Crippen LogP contribution in [-0.4, -0.2) is 35.6 Å². The first-order valence-electron chi connectivity index (χ1n) is 3.87. The van der Waals surface area contributed by atoms with Gasteiger partial charge < -0.3 is 5.11 Å². The standard InChI is InChI=1S/C9H15NO2/c1-3-5-7-10(6-4-2)8-9(11)12/h3-5H,2,6-8H2,1H3,(H,11,12). The second kappa shape index (κ2) is 6.61. The molecule has 0 radical (unpaired) electrons. The van der Waals surface area contributed by atoms with Gasteiger partial charge in [0.25, 0.3) is 0 Å². The summed E-state index contributed by atoms with van der Waals surface area (Å²) in [5.74, 6) is -0.804. The molecule has 0 saturated heterocycles. The molecule has 0 unspecified atom stereocenters. The highest BCUT2D eigenvalue weighted by atomic mass is 16.4. The van der Waals surface area contributed by atoms with Crippen LogP contribution in [-0.2, 0) is 4.79 Å². The van der Waals surface area contributed by atoms with Crippen molar-refractivity contribution in [3.8, 4) is 0 Å². The average Bonchev–Trinajstić information content (AvgIpc) is 2.00. The SMILES string of the molecule is C=CCN(CC=CC)CC(=O)O. The van der Waals surface area contributed by atoms with E-state index in [1.165, 1.54) is 0 Å². The lowest BCUT2D eigenvalue weighted by Crippen LogP contribution is -2.29. The summed E-state index contributed by atoms with van der Waals surface area (Å²) in [5, 5.41) is 8.51. The molecular weight excluding hydrogens is 154 g/mol. The van der Waals surface area contributed by atoms with Crippen LogP contribution in [0, 0.1) is 0 Å². The van der Waals surface area contributed by atoms with E-state index in [0.717, 1.165) is 0 Å². The normalized spacial score (nSPS) is 10.8. The van der Waals surface area contributed by atoms with Gasteiger partial charge in [0.1, 0.15) is 0 Å². The summed E-state index contributed by atoms with van der Waals surface area (Å²) in [6.45, 7) is 6.80. The number of rotatable bonds is 6. The van der Waals surface area contributed by atoms with E-state index in [1.807, 2.05) is 19.1 Å². The van der Waals surface area contributed by atoms with Gasteiger partial charge in [0, 0.05) is 13.1 Å². The molecule has 0 aromatic rings. The van der Waals surface area contributed by atoms with Crippen LogP contribution in [0.4, 0.5) is 0 Å². The fraction of sp³-hybridized carbons (Fsp3) is 0.444. The molecule has 12 heavy (non-hydrogen) atoms. The molecule has 0 aliphatic carbocycles. The fourth-order valence-corrected chi connectivity index (χ4v) is 0.832. The fourth-order valence-electron chi connectivity index (χ4n) is 0.832. The van der Waals surface area contributed by atoms with Crippen molar-refractivity contribution in [2.45, 2.75) is 6.92 Å². The molecule has 0 aliphatic rings. The van der Waals surface area contributed by atoms with Gasteiger partial charge in [-0.05, 0) is 6.92 Å². The highest BCUT2D eigenvalue weighted by Crippen LogP contribution is 1.89. The van der Waals surface area contributed by atoms with E-state index >= 15 is 0 Å². The Hall–Kier alpha value is -1.09. The van der Waals surface area contributed by atoms with Crippen LogP contribution in [0.2, 0.25) is 0 Å². The molecule has 0 fully saturated rings. The summed E-state index contributed by atoms with van der Waals surface area (Å²) in [6, 6.07) is 0. The molecule has 0 bridgehead atoms. The molecule has 1 N–H and O–H groups in total. The summed E-state index contributed by atoms with van der Waals surface area (Å²) < 4.78 is 0. The summed E-state index contributed by atoms with van der Waals surface area (Å²) in [5.41, 5.74) is 0. The monoisotopic (exact) mass is 169 g/mol. The summed E-state index contributed by atoms with van der Waals surface area (Å²) >= 11 is 0. The van der Waals surface area contributed by atoms with Crippen molar-refractivity contribution in [3.05, 3.63) is 24.8 Å². The Labute approximate surface area is 73.0 Å². The van der Waals surface area contributed by atoms with Crippen LogP contribution in [0.3, 0.4) is 0 Å². The second-order valence-corrected chi connectivity index (χ2v) is 2.45. The van der Waals surface area contributed by atoms with E-state index in [9.17, 15) is 4.79 Å². The zero-order valence-corrected chi connectivity index (χ0v) is 7.36. The highest BCUT2D eigenvalue weighted by Gasteiger charge is 2.04. The zero-order valence-electron chi connectivity index (χ0n) is 7.36. The van der Waals surface area contributed by atoms with Gasteiger partial charge in [-0.1, -0.05) is 18.2 Å². The lowest BCUT2D eigenvalue weighted by atomic mass is 10.4. The lowest BCUT2D eigenvalue weighted by molar-refractivity contribution is -0.138. The molecule has 3 heteroatoms. The van der Waals surface area contributed by atoms with E-state index in [4.69, 9.17) is 5.11 Å². The van der Waals surface area contributed by atoms with E-state index in [0.29, 0.717) is 13.1 Å². The van der Waals surface area contributed by atoms with Gasteiger partial charge in [0.15, 0.2) is 0 Å². The van der Waals surface area contributed by atoms with E-state index in [2.05, 4.69) is 6.58 Å². The Morgan fingerprint density at radius 2 is 2.25 bits per heavy atom. The third kappa shape index (κ3) is 5.68. The Balaban J connectivity index is 3.84. The number of hydrogen-bond donors (Lipinski definition) is 1. The largest absolute Gasteiger partial charge is 0.480 e. The van der Waals surface area contributed by atoms with Gasteiger partial charge in [-0.3, -0.25) is 9.69 Å². The van der Waals surface area contributed by atoms with Crippen LogP contribution < -0.4 is 0 Å². The van der Waals surface area contributed by atoms with Gasteiger partial charge in [0.2, 0.25) is 0 Å². The van der Waals surface area contributed by atoms with Crippen molar-refractivity contribution in [2.24, 2.45) is 0 Å². The van der Waals surface area contributed by atoms with E-state index in [-0.39, 0.29) is 6.54 Å². The second-order valence-electron chi connectivity index (χ2n) is 2.45. The van der Waals surface area contributed by atoms with Crippen molar-refractivity contribution < 1.29 is 9.90 Å². The van der Waals surface area contributed by atoms with Crippen molar-refractivity contribution in [1.82, 2.24) is 4.90 Å². The van der Waals surface area contributed by atoms with Crippen molar-refractivity contribution in [3.63, 3.8) is 0 Å². The average molecular weight is 169 g/mol. The summed E-state index contributed by atoms with van der Waals surface area (Å²) in [4.78, 5) is 12.1. The Morgan fingerprint density at radius 3 is 2.67 bits per heavy atom. The summed E-state index contributed by atoms with van der Waals surface area (Å²) in [6.07, 6.45) is 5.52. The van der Waals surface area contributed by atoms with Crippen molar-refractivity contribution in [2.75, 3.05) is 19.6 Å². The smallest absolute Gasteiger partial charge is 0.317 e. The number of carboxylic acid groups (broad SMARTS) is 1. The molecular formula is C9H15NO2. The minimum Gasteiger partial charge on any atom is -0.480 e. The number of carbonyl (C=O) groups is 1. The van der Waals surface area contributed by atoms with E-state index in [1.54, 1.807) is 11.0 Å². The predicted octanol–water partition coefficient (Wildman–Crippen LogP) is 1.14. The van der Waals surface area contributed by atoms with Crippen LogP contribution in [0.25, 0.3) is 0 Å². The number of hydrogen-bond acceptors (Lipinski definition) is 2. The molecule has 0 spiro atoms. The minimum atomic E-state index is -0.804. The molecule has 0 heterocycles. The number of nitrogens with zero attached hydrogens (tertiary/aromatic N) is 1. The topological polar surface area (TPSA) is 40.5 Å². The van der Waals surface area contributed by atoms with Crippen molar-refractivity contribution in [1.29, 1.82) is 0 Å². The van der Waals surface area contributed by atoms with Gasteiger partial charge in [0.05, 0.1) is 6.54 Å². The first-order valence-corrected chi connectivity index (χ1v) is 3.87. The number of carboxylic acids is 1.